The van der Waals surface area contributed by atoms with Gasteiger partial charge in [-0.1, -0.05) is 47.6 Å². The van der Waals surface area contributed by atoms with Crippen LogP contribution in [0.15, 0.2) is 71.0 Å². The Morgan fingerprint density at radius 3 is 2.77 bits per heavy atom. The molecule has 0 amide bonds. The molecule has 0 unspecified atom stereocenters. The zero-order valence-electron chi connectivity index (χ0n) is 17.5. The summed E-state index contributed by atoms with van der Waals surface area (Å²) in [7, 11) is 0. The van der Waals surface area contributed by atoms with E-state index >= 15 is 0 Å². The van der Waals surface area contributed by atoms with Crippen LogP contribution in [0.1, 0.15) is 35.9 Å². The number of rotatable bonds is 9. The number of thioether (sulfide) groups is 1. The first kappa shape index (κ1) is 21.9. The Labute approximate surface area is 192 Å². The standard InChI is InChI=1S/C24H27ClN4OS/c1-2-12-29-23(26-27-24(29)31-18-19-6-3-7-21(25)17-19)20-10-14-28(15-11-20)13-4-8-22-9-5-16-30-22/h2-9,16-17,20H,1,10-15,18H2. The number of piperidine rings is 1. The van der Waals surface area contributed by atoms with Crippen LogP contribution < -0.4 is 0 Å². The number of nitrogens with zero attached hydrogens (tertiary/aromatic N) is 4. The SMILES string of the molecule is C=CCn1c(SCc2cccc(Cl)c2)nnc1C1CCN(CC=Cc2ccco2)CC1. The van der Waals surface area contributed by atoms with Crippen LogP contribution in [0.25, 0.3) is 6.08 Å². The van der Waals surface area contributed by atoms with Gasteiger partial charge in [-0.25, -0.2) is 0 Å². The summed E-state index contributed by atoms with van der Waals surface area (Å²) >= 11 is 7.81. The average Bonchev–Trinajstić information content (AvgIpc) is 3.44. The van der Waals surface area contributed by atoms with Crippen molar-refractivity contribution in [2.45, 2.75) is 36.2 Å². The Hall–Kier alpha value is -2.28. The van der Waals surface area contributed by atoms with E-state index in [4.69, 9.17) is 16.0 Å². The second-order valence-corrected chi connectivity index (χ2v) is 9.03. The highest BCUT2D eigenvalue weighted by atomic mass is 35.5. The molecule has 4 rings (SSSR count). The fourth-order valence-corrected chi connectivity index (χ4v) is 4.97. The molecule has 0 atom stereocenters. The summed E-state index contributed by atoms with van der Waals surface area (Å²) < 4.78 is 7.57. The van der Waals surface area contributed by atoms with Crippen LogP contribution in [-0.2, 0) is 12.3 Å². The predicted octanol–water partition coefficient (Wildman–Crippen LogP) is 5.90. The maximum absolute atomic E-state index is 6.11. The molecule has 1 aromatic carbocycles. The van der Waals surface area contributed by atoms with Gasteiger partial charge in [0, 0.05) is 29.8 Å². The third-order valence-corrected chi connectivity index (χ3v) is 6.73. The second-order valence-electron chi connectivity index (χ2n) is 7.65. The van der Waals surface area contributed by atoms with Gasteiger partial charge in [0.2, 0.25) is 0 Å². The van der Waals surface area contributed by atoms with Crippen molar-refractivity contribution >= 4 is 29.4 Å². The molecule has 7 heteroatoms. The van der Waals surface area contributed by atoms with Gasteiger partial charge in [-0.15, -0.1) is 16.8 Å². The van der Waals surface area contributed by atoms with E-state index in [0.29, 0.717) is 5.92 Å². The molecule has 0 aliphatic carbocycles. The van der Waals surface area contributed by atoms with Crippen molar-refractivity contribution in [3.63, 3.8) is 0 Å². The first-order chi connectivity index (χ1) is 15.2. The van der Waals surface area contributed by atoms with Gasteiger partial charge < -0.3 is 8.98 Å². The van der Waals surface area contributed by atoms with E-state index in [1.54, 1.807) is 18.0 Å². The maximum atomic E-state index is 6.11. The molecule has 0 spiro atoms. The summed E-state index contributed by atoms with van der Waals surface area (Å²) in [6.45, 7) is 7.71. The smallest absolute Gasteiger partial charge is 0.191 e. The van der Waals surface area contributed by atoms with Crippen molar-refractivity contribution in [3.8, 4) is 0 Å². The van der Waals surface area contributed by atoms with Crippen LogP contribution in [0.3, 0.4) is 0 Å². The third-order valence-electron chi connectivity index (χ3n) is 5.46. The lowest BCUT2D eigenvalue weighted by Gasteiger charge is -2.30. The molecule has 0 N–H and O–H groups in total. The van der Waals surface area contributed by atoms with E-state index in [2.05, 4.69) is 38.4 Å². The fraction of sp³-hybridized carbons (Fsp3) is 0.333. The van der Waals surface area contributed by atoms with Gasteiger partial charge in [-0.2, -0.15) is 0 Å². The van der Waals surface area contributed by atoms with E-state index in [0.717, 1.165) is 66.5 Å². The molecule has 1 aliphatic heterocycles. The number of likely N-dealkylation sites (tertiary alicyclic amines) is 1. The van der Waals surface area contributed by atoms with Gasteiger partial charge in [0.1, 0.15) is 11.6 Å². The summed E-state index contributed by atoms with van der Waals surface area (Å²) in [5.74, 6) is 3.23. The monoisotopic (exact) mass is 454 g/mol. The molecule has 0 saturated carbocycles. The second kappa shape index (κ2) is 10.8. The van der Waals surface area contributed by atoms with Gasteiger partial charge in [0.25, 0.3) is 0 Å². The number of aromatic nitrogens is 3. The minimum absolute atomic E-state index is 0.429. The summed E-state index contributed by atoms with van der Waals surface area (Å²) in [5, 5.41) is 10.8. The van der Waals surface area contributed by atoms with Crippen molar-refractivity contribution in [2.24, 2.45) is 0 Å². The van der Waals surface area contributed by atoms with Crippen molar-refractivity contribution in [1.29, 1.82) is 0 Å². The molecule has 1 aliphatic rings. The van der Waals surface area contributed by atoms with Crippen LogP contribution in [-0.4, -0.2) is 39.3 Å². The summed E-state index contributed by atoms with van der Waals surface area (Å²) in [5.41, 5.74) is 1.18. The van der Waals surface area contributed by atoms with Crippen LogP contribution in [0, 0.1) is 0 Å². The Kier molecular flexibility index (Phi) is 7.67. The highest BCUT2D eigenvalue weighted by molar-refractivity contribution is 7.98. The number of allylic oxidation sites excluding steroid dienone is 1. The van der Waals surface area contributed by atoms with Crippen LogP contribution in [0.2, 0.25) is 5.02 Å². The zero-order valence-corrected chi connectivity index (χ0v) is 19.1. The summed E-state index contributed by atoms with van der Waals surface area (Å²) in [6, 6.07) is 11.8. The molecular weight excluding hydrogens is 428 g/mol. The Morgan fingerprint density at radius 1 is 1.16 bits per heavy atom. The van der Waals surface area contributed by atoms with Gasteiger partial charge in [-0.05, 0) is 61.8 Å². The van der Waals surface area contributed by atoms with Crippen LogP contribution in [0.4, 0.5) is 0 Å². The molecule has 3 aromatic rings. The molecule has 1 saturated heterocycles. The van der Waals surface area contributed by atoms with Crippen LogP contribution in [0.5, 0.6) is 0 Å². The van der Waals surface area contributed by atoms with E-state index in [1.807, 2.05) is 42.5 Å². The lowest BCUT2D eigenvalue weighted by molar-refractivity contribution is 0.227. The third kappa shape index (κ3) is 5.91. The summed E-state index contributed by atoms with van der Waals surface area (Å²) in [4.78, 5) is 2.47. The maximum Gasteiger partial charge on any atom is 0.191 e. The van der Waals surface area contributed by atoms with E-state index in [9.17, 15) is 0 Å². The largest absolute Gasteiger partial charge is 0.465 e. The number of benzene rings is 1. The molecule has 1 fully saturated rings. The van der Waals surface area contributed by atoms with Crippen molar-refractivity contribution in [2.75, 3.05) is 19.6 Å². The number of hydrogen-bond acceptors (Lipinski definition) is 5. The average molecular weight is 455 g/mol. The highest BCUT2D eigenvalue weighted by Crippen LogP contribution is 2.31. The predicted molar refractivity (Wildman–Crippen MR) is 127 cm³/mol. The molecule has 31 heavy (non-hydrogen) atoms. The van der Waals surface area contributed by atoms with E-state index in [-0.39, 0.29) is 0 Å². The quantitative estimate of drug-likeness (QED) is 0.297. The van der Waals surface area contributed by atoms with E-state index in [1.165, 1.54) is 5.56 Å². The number of halogens is 1. The lowest BCUT2D eigenvalue weighted by atomic mass is 9.96. The zero-order chi connectivity index (χ0) is 21.5. The molecule has 162 valence electrons. The molecular formula is C24H27ClN4OS. The van der Waals surface area contributed by atoms with E-state index < -0.39 is 0 Å². The molecule has 3 heterocycles. The normalized spacial score (nSPS) is 15.6. The van der Waals surface area contributed by atoms with Gasteiger partial charge >= 0.3 is 0 Å². The van der Waals surface area contributed by atoms with Gasteiger partial charge in [-0.3, -0.25) is 4.90 Å². The van der Waals surface area contributed by atoms with Crippen molar-refractivity contribution in [1.82, 2.24) is 19.7 Å². The molecule has 5 nitrogen and oxygen atoms in total. The molecule has 0 bridgehead atoms. The minimum Gasteiger partial charge on any atom is -0.465 e. The Morgan fingerprint density at radius 2 is 2.03 bits per heavy atom. The highest BCUT2D eigenvalue weighted by Gasteiger charge is 2.25. The molecule has 0 radical (unpaired) electrons. The van der Waals surface area contributed by atoms with Crippen molar-refractivity contribution < 1.29 is 4.42 Å². The summed E-state index contributed by atoms with van der Waals surface area (Å²) in [6.07, 6.45) is 10.0. The number of hydrogen-bond donors (Lipinski definition) is 0. The first-order valence-electron chi connectivity index (χ1n) is 10.6. The van der Waals surface area contributed by atoms with Gasteiger partial charge in [0.15, 0.2) is 5.16 Å². The minimum atomic E-state index is 0.429. The fourth-order valence-electron chi connectivity index (χ4n) is 3.86. The van der Waals surface area contributed by atoms with Crippen molar-refractivity contribution in [3.05, 3.63) is 83.6 Å². The Bertz CT molecular complexity index is 1010. The molecule has 2 aromatic heterocycles. The number of furan rings is 1. The first-order valence-corrected chi connectivity index (χ1v) is 11.9. The van der Waals surface area contributed by atoms with Crippen LogP contribution >= 0.6 is 23.4 Å². The lowest BCUT2D eigenvalue weighted by Crippen LogP contribution is -2.33. The Balaban J connectivity index is 1.35. The van der Waals surface area contributed by atoms with Gasteiger partial charge in [0.05, 0.1) is 6.26 Å². The topological polar surface area (TPSA) is 47.1 Å².